The Morgan fingerprint density at radius 3 is 2.72 bits per heavy atom. The van der Waals surface area contributed by atoms with Gasteiger partial charge in [-0.05, 0) is 36.8 Å². The molecule has 18 heavy (non-hydrogen) atoms. The van der Waals surface area contributed by atoms with Gasteiger partial charge in [0, 0.05) is 24.0 Å². The summed E-state index contributed by atoms with van der Waals surface area (Å²) >= 11 is 5.85. The maximum atomic E-state index is 12.2. The normalized spacial score (nSPS) is 10.2. The molecule has 2 rings (SSSR count). The van der Waals surface area contributed by atoms with E-state index in [-0.39, 0.29) is 5.91 Å². The molecule has 0 N–H and O–H groups in total. The summed E-state index contributed by atoms with van der Waals surface area (Å²) in [4.78, 5) is 17.8. The first kappa shape index (κ1) is 12.6. The summed E-state index contributed by atoms with van der Waals surface area (Å²) in [6.07, 6.45) is 1.53. The second-order valence-electron chi connectivity index (χ2n) is 4.06. The van der Waals surface area contributed by atoms with Crippen molar-refractivity contribution in [3.05, 3.63) is 58.9 Å². The summed E-state index contributed by atoms with van der Waals surface area (Å²) in [6, 6.07) is 10.9. The summed E-state index contributed by atoms with van der Waals surface area (Å²) in [5.41, 5.74) is 2.28. The number of rotatable bonds is 2. The lowest BCUT2D eigenvalue weighted by atomic mass is 10.2. The zero-order valence-corrected chi connectivity index (χ0v) is 11.0. The first-order valence-electron chi connectivity index (χ1n) is 5.54. The molecule has 92 valence electrons. The van der Waals surface area contributed by atoms with Crippen molar-refractivity contribution in [2.75, 3.05) is 11.9 Å². The van der Waals surface area contributed by atoms with Crippen LogP contribution >= 0.6 is 11.6 Å². The van der Waals surface area contributed by atoms with Gasteiger partial charge in [-0.1, -0.05) is 23.7 Å². The molecule has 0 spiro atoms. The highest BCUT2D eigenvalue weighted by Gasteiger charge is 2.14. The zero-order valence-electron chi connectivity index (χ0n) is 10.2. The van der Waals surface area contributed by atoms with Crippen molar-refractivity contribution in [1.29, 1.82) is 0 Å². The Kier molecular flexibility index (Phi) is 3.63. The monoisotopic (exact) mass is 260 g/mol. The van der Waals surface area contributed by atoms with Crippen molar-refractivity contribution >= 4 is 23.2 Å². The van der Waals surface area contributed by atoms with Gasteiger partial charge in [-0.3, -0.25) is 9.78 Å². The number of carbonyl (C=O) groups is 1. The van der Waals surface area contributed by atoms with Crippen LogP contribution in [0.15, 0.2) is 42.6 Å². The second-order valence-corrected chi connectivity index (χ2v) is 4.50. The summed E-state index contributed by atoms with van der Waals surface area (Å²) in [5, 5.41) is 0.506. The highest BCUT2D eigenvalue weighted by Crippen LogP contribution is 2.17. The number of carbonyl (C=O) groups excluding carboxylic acids is 1. The van der Waals surface area contributed by atoms with Gasteiger partial charge in [-0.2, -0.15) is 0 Å². The number of nitrogens with zero attached hydrogens (tertiary/aromatic N) is 2. The third kappa shape index (κ3) is 2.68. The largest absolute Gasteiger partial charge is 0.310 e. The summed E-state index contributed by atoms with van der Waals surface area (Å²) in [6.45, 7) is 1.99. The number of hydrogen-bond donors (Lipinski definition) is 0. The van der Waals surface area contributed by atoms with Gasteiger partial charge in [-0.15, -0.1) is 0 Å². The van der Waals surface area contributed by atoms with Gasteiger partial charge in [0.2, 0.25) is 0 Å². The van der Waals surface area contributed by atoms with Gasteiger partial charge in [0.1, 0.15) is 5.69 Å². The first-order chi connectivity index (χ1) is 8.58. The third-order valence-electron chi connectivity index (χ3n) is 2.63. The Balaban J connectivity index is 2.29. The van der Waals surface area contributed by atoms with Gasteiger partial charge < -0.3 is 4.90 Å². The molecule has 0 saturated carbocycles. The number of amides is 1. The third-order valence-corrected chi connectivity index (χ3v) is 2.87. The van der Waals surface area contributed by atoms with E-state index in [2.05, 4.69) is 4.98 Å². The Hall–Kier alpha value is -1.87. The first-order valence-corrected chi connectivity index (χ1v) is 5.92. The van der Waals surface area contributed by atoms with Crippen molar-refractivity contribution < 1.29 is 4.79 Å². The van der Waals surface area contributed by atoms with Crippen molar-refractivity contribution in [2.24, 2.45) is 0 Å². The molecule has 0 fully saturated rings. The minimum atomic E-state index is -0.178. The van der Waals surface area contributed by atoms with Crippen LogP contribution in [0.2, 0.25) is 5.02 Å². The van der Waals surface area contributed by atoms with Crippen LogP contribution in [0.4, 0.5) is 5.69 Å². The maximum absolute atomic E-state index is 12.2. The Labute approximate surface area is 111 Å². The molecule has 0 atom stereocenters. The molecule has 0 bridgehead atoms. The minimum absolute atomic E-state index is 0.178. The number of aromatic nitrogens is 1. The van der Waals surface area contributed by atoms with Crippen LogP contribution in [-0.2, 0) is 0 Å². The zero-order chi connectivity index (χ0) is 13.1. The van der Waals surface area contributed by atoms with E-state index in [0.29, 0.717) is 10.7 Å². The van der Waals surface area contributed by atoms with Crippen LogP contribution < -0.4 is 4.90 Å². The quantitative estimate of drug-likeness (QED) is 0.830. The standard InChI is InChI=1S/C14H13ClN2O/c1-10-4-3-5-12(8-10)17(2)14(18)13-9-11(15)6-7-16-13/h3-9H,1-2H3. The topological polar surface area (TPSA) is 33.2 Å². The minimum Gasteiger partial charge on any atom is -0.310 e. The fraction of sp³-hybridized carbons (Fsp3) is 0.143. The molecule has 1 aromatic carbocycles. The van der Waals surface area contributed by atoms with E-state index in [4.69, 9.17) is 11.6 Å². The van der Waals surface area contributed by atoms with Crippen molar-refractivity contribution in [3.8, 4) is 0 Å². The van der Waals surface area contributed by atoms with Gasteiger partial charge >= 0.3 is 0 Å². The lowest BCUT2D eigenvalue weighted by Crippen LogP contribution is -2.27. The van der Waals surface area contributed by atoms with E-state index in [9.17, 15) is 4.79 Å². The summed E-state index contributed by atoms with van der Waals surface area (Å²) < 4.78 is 0. The van der Waals surface area contributed by atoms with Crippen molar-refractivity contribution in [2.45, 2.75) is 6.92 Å². The van der Waals surface area contributed by atoms with Gasteiger partial charge in [0.05, 0.1) is 0 Å². The number of anilines is 1. The molecule has 0 aliphatic heterocycles. The fourth-order valence-electron chi connectivity index (χ4n) is 1.65. The molecule has 1 aromatic heterocycles. The number of hydrogen-bond acceptors (Lipinski definition) is 2. The van der Waals surface area contributed by atoms with E-state index in [0.717, 1.165) is 11.3 Å². The van der Waals surface area contributed by atoms with Crippen LogP contribution in [0.25, 0.3) is 0 Å². The number of benzene rings is 1. The molecule has 0 aliphatic rings. The SMILES string of the molecule is Cc1cccc(N(C)C(=O)c2cc(Cl)ccn2)c1. The molecular formula is C14H13ClN2O. The van der Waals surface area contributed by atoms with Gasteiger partial charge in [0.25, 0.3) is 5.91 Å². The van der Waals surface area contributed by atoms with Crippen LogP contribution in [0.5, 0.6) is 0 Å². The average Bonchev–Trinajstić information content (AvgIpc) is 2.37. The van der Waals surface area contributed by atoms with Crippen molar-refractivity contribution in [1.82, 2.24) is 4.98 Å². The van der Waals surface area contributed by atoms with E-state index in [1.165, 1.54) is 6.20 Å². The average molecular weight is 261 g/mol. The molecule has 0 unspecified atom stereocenters. The highest BCUT2D eigenvalue weighted by molar-refractivity contribution is 6.31. The van der Waals surface area contributed by atoms with Crippen LogP contribution in [0, 0.1) is 6.92 Å². The predicted molar refractivity (Wildman–Crippen MR) is 73.2 cm³/mol. The lowest BCUT2D eigenvalue weighted by Gasteiger charge is -2.17. The predicted octanol–water partition coefficient (Wildman–Crippen LogP) is 3.32. The lowest BCUT2D eigenvalue weighted by molar-refractivity contribution is 0.0988. The van der Waals surface area contributed by atoms with E-state index < -0.39 is 0 Å². The van der Waals surface area contributed by atoms with E-state index >= 15 is 0 Å². The van der Waals surface area contributed by atoms with Crippen LogP contribution in [-0.4, -0.2) is 17.9 Å². The summed E-state index contributed by atoms with van der Waals surface area (Å²) in [7, 11) is 1.72. The Morgan fingerprint density at radius 2 is 2.06 bits per heavy atom. The molecule has 4 heteroatoms. The number of pyridine rings is 1. The fourth-order valence-corrected chi connectivity index (χ4v) is 1.81. The molecule has 3 nitrogen and oxygen atoms in total. The molecule has 0 radical (unpaired) electrons. The van der Waals surface area contributed by atoms with Gasteiger partial charge in [-0.25, -0.2) is 0 Å². The molecule has 1 heterocycles. The number of aryl methyl sites for hydroxylation is 1. The highest BCUT2D eigenvalue weighted by atomic mass is 35.5. The Bertz CT molecular complexity index is 584. The van der Waals surface area contributed by atoms with Gasteiger partial charge in [0.15, 0.2) is 0 Å². The molecular weight excluding hydrogens is 248 g/mol. The summed E-state index contributed by atoms with van der Waals surface area (Å²) in [5.74, 6) is -0.178. The molecule has 0 saturated heterocycles. The molecule has 1 amide bonds. The molecule has 2 aromatic rings. The van der Waals surface area contributed by atoms with Crippen LogP contribution in [0.3, 0.4) is 0 Å². The smallest absolute Gasteiger partial charge is 0.276 e. The van der Waals surface area contributed by atoms with E-state index in [1.807, 2.05) is 31.2 Å². The number of halogens is 1. The van der Waals surface area contributed by atoms with Crippen molar-refractivity contribution in [3.63, 3.8) is 0 Å². The Morgan fingerprint density at radius 1 is 1.28 bits per heavy atom. The molecule has 0 aliphatic carbocycles. The second kappa shape index (κ2) is 5.19. The van der Waals surface area contributed by atoms with Crippen LogP contribution in [0.1, 0.15) is 16.1 Å². The van der Waals surface area contributed by atoms with E-state index in [1.54, 1.807) is 24.1 Å². The maximum Gasteiger partial charge on any atom is 0.276 e.